The summed E-state index contributed by atoms with van der Waals surface area (Å²) >= 11 is 3.14. The van der Waals surface area contributed by atoms with Crippen LogP contribution >= 0.6 is 15.9 Å². The number of benzene rings is 1. The van der Waals surface area contributed by atoms with E-state index in [0.29, 0.717) is 10.4 Å². The van der Waals surface area contributed by atoms with Crippen molar-refractivity contribution >= 4 is 15.9 Å². The van der Waals surface area contributed by atoms with Gasteiger partial charge in [-0.2, -0.15) is 0 Å². The van der Waals surface area contributed by atoms with Crippen LogP contribution < -0.4 is 0 Å². The van der Waals surface area contributed by atoms with Crippen LogP contribution in [0, 0.1) is 5.82 Å². The summed E-state index contributed by atoms with van der Waals surface area (Å²) in [5.74, 6) is 0.251. The van der Waals surface area contributed by atoms with Crippen molar-refractivity contribution in [2.75, 3.05) is 0 Å². The van der Waals surface area contributed by atoms with Crippen molar-refractivity contribution in [3.63, 3.8) is 0 Å². The molecule has 2 heteroatoms. The van der Waals surface area contributed by atoms with Crippen molar-refractivity contribution < 1.29 is 4.39 Å². The second-order valence-electron chi connectivity index (χ2n) is 2.83. The van der Waals surface area contributed by atoms with Crippen LogP contribution in [0.3, 0.4) is 0 Å². The molecular weight excluding hydrogens is 207 g/mol. The fraction of sp³-hybridized carbons (Fsp3) is 0.333. The Morgan fingerprint density at radius 3 is 2.45 bits per heavy atom. The Morgan fingerprint density at radius 2 is 2.00 bits per heavy atom. The smallest absolute Gasteiger partial charge is 0.137 e. The van der Waals surface area contributed by atoms with Crippen LogP contribution in [-0.2, 0) is 0 Å². The van der Waals surface area contributed by atoms with Crippen LogP contribution in [0.15, 0.2) is 22.7 Å². The van der Waals surface area contributed by atoms with E-state index < -0.39 is 0 Å². The Balaban J connectivity index is 3.05. The average Bonchev–Trinajstić information content (AvgIpc) is 1.94. The van der Waals surface area contributed by atoms with Crippen LogP contribution in [0.2, 0.25) is 0 Å². The van der Waals surface area contributed by atoms with Crippen molar-refractivity contribution in [1.82, 2.24) is 0 Å². The monoisotopic (exact) mass is 216 g/mol. The number of hydrogen-bond donors (Lipinski definition) is 0. The number of halogens is 2. The summed E-state index contributed by atoms with van der Waals surface area (Å²) in [6, 6.07) is 5.12. The van der Waals surface area contributed by atoms with E-state index in [1.165, 1.54) is 6.07 Å². The molecule has 1 aromatic rings. The molecule has 1 aromatic carbocycles. The first-order chi connectivity index (χ1) is 5.11. The Bertz CT molecular complexity index is 256. The van der Waals surface area contributed by atoms with Crippen molar-refractivity contribution in [2.45, 2.75) is 19.8 Å². The molecule has 0 spiro atoms. The molecule has 0 radical (unpaired) electrons. The molecule has 1 rings (SSSR count). The van der Waals surface area contributed by atoms with E-state index >= 15 is 0 Å². The number of rotatable bonds is 1. The lowest BCUT2D eigenvalue weighted by atomic mass is 10.0. The summed E-state index contributed by atoms with van der Waals surface area (Å²) < 4.78 is 13.3. The molecule has 0 unspecified atom stereocenters. The van der Waals surface area contributed by atoms with E-state index in [4.69, 9.17) is 0 Å². The standard InChI is InChI=1S/C9H10BrF/c1-6(2)7-3-4-9(11)8(10)5-7/h3-6H,1-2H3. The van der Waals surface area contributed by atoms with Gasteiger partial charge in [-0.1, -0.05) is 19.9 Å². The third-order valence-corrected chi connectivity index (χ3v) is 2.22. The Morgan fingerprint density at radius 1 is 1.36 bits per heavy atom. The highest BCUT2D eigenvalue weighted by Crippen LogP contribution is 2.21. The van der Waals surface area contributed by atoms with Crippen LogP contribution in [-0.4, -0.2) is 0 Å². The van der Waals surface area contributed by atoms with Gasteiger partial charge in [-0.05, 0) is 39.5 Å². The van der Waals surface area contributed by atoms with Crippen LogP contribution in [0.5, 0.6) is 0 Å². The van der Waals surface area contributed by atoms with Crippen molar-refractivity contribution in [3.05, 3.63) is 34.1 Å². The van der Waals surface area contributed by atoms with Gasteiger partial charge in [-0.3, -0.25) is 0 Å². The maximum Gasteiger partial charge on any atom is 0.137 e. The summed E-state index contributed by atoms with van der Waals surface area (Å²) in [6.07, 6.45) is 0. The maximum atomic E-state index is 12.7. The third-order valence-electron chi connectivity index (χ3n) is 1.61. The van der Waals surface area contributed by atoms with Gasteiger partial charge >= 0.3 is 0 Å². The van der Waals surface area contributed by atoms with E-state index in [1.54, 1.807) is 0 Å². The van der Waals surface area contributed by atoms with Crippen molar-refractivity contribution in [3.8, 4) is 0 Å². The number of hydrogen-bond acceptors (Lipinski definition) is 0. The molecule has 0 N–H and O–H groups in total. The van der Waals surface area contributed by atoms with Gasteiger partial charge in [0, 0.05) is 0 Å². The van der Waals surface area contributed by atoms with E-state index in [1.807, 2.05) is 12.1 Å². The lowest BCUT2D eigenvalue weighted by Gasteiger charge is -2.04. The summed E-state index contributed by atoms with van der Waals surface area (Å²) in [6.45, 7) is 4.17. The van der Waals surface area contributed by atoms with Gasteiger partial charge in [0.05, 0.1) is 4.47 Å². The van der Waals surface area contributed by atoms with Gasteiger partial charge in [0.2, 0.25) is 0 Å². The molecule has 0 atom stereocenters. The van der Waals surface area contributed by atoms with Crippen LogP contribution in [0.1, 0.15) is 25.3 Å². The second-order valence-corrected chi connectivity index (χ2v) is 3.68. The van der Waals surface area contributed by atoms with E-state index in [-0.39, 0.29) is 5.82 Å². The lowest BCUT2D eigenvalue weighted by Crippen LogP contribution is -1.87. The van der Waals surface area contributed by atoms with Crippen LogP contribution in [0.25, 0.3) is 0 Å². The predicted octanol–water partition coefficient (Wildman–Crippen LogP) is 3.71. The first kappa shape index (κ1) is 8.72. The molecule has 0 amide bonds. The zero-order valence-corrected chi connectivity index (χ0v) is 8.15. The summed E-state index contributed by atoms with van der Waals surface area (Å²) in [4.78, 5) is 0. The fourth-order valence-corrected chi connectivity index (χ4v) is 1.27. The summed E-state index contributed by atoms with van der Waals surface area (Å²) in [5, 5.41) is 0. The van der Waals surface area contributed by atoms with Crippen molar-refractivity contribution in [1.29, 1.82) is 0 Å². The molecule has 0 aliphatic heterocycles. The summed E-state index contributed by atoms with van der Waals surface area (Å²) in [7, 11) is 0. The van der Waals surface area contributed by atoms with Gasteiger partial charge in [-0.15, -0.1) is 0 Å². The molecule has 0 nitrogen and oxygen atoms in total. The average molecular weight is 217 g/mol. The fourth-order valence-electron chi connectivity index (χ4n) is 0.871. The van der Waals surface area contributed by atoms with Gasteiger partial charge in [0.1, 0.15) is 5.82 Å². The minimum Gasteiger partial charge on any atom is -0.206 e. The minimum absolute atomic E-state index is 0.200. The van der Waals surface area contributed by atoms with Gasteiger partial charge < -0.3 is 0 Å². The highest BCUT2D eigenvalue weighted by molar-refractivity contribution is 9.10. The molecule has 0 aromatic heterocycles. The van der Waals surface area contributed by atoms with E-state index in [2.05, 4.69) is 29.8 Å². The molecule has 0 heterocycles. The lowest BCUT2D eigenvalue weighted by molar-refractivity contribution is 0.619. The molecule has 0 bridgehead atoms. The quantitative estimate of drug-likeness (QED) is 0.672. The Hall–Kier alpha value is -0.370. The molecular formula is C9H10BrF. The first-order valence-electron chi connectivity index (χ1n) is 3.56. The van der Waals surface area contributed by atoms with Gasteiger partial charge in [-0.25, -0.2) is 4.39 Å². The molecule has 0 aliphatic rings. The van der Waals surface area contributed by atoms with Crippen molar-refractivity contribution in [2.24, 2.45) is 0 Å². The highest BCUT2D eigenvalue weighted by atomic mass is 79.9. The topological polar surface area (TPSA) is 0 Å². The predicted molar refractivity (Wildman–Crippen MR) is 48.2 cm³/mol. The van der Waals surface area contributed by atoms with Gasteiger partial charge in [0.15, 0.2) is 0 Å². The highest BCUT2D eigenvalue weighted by Gasteiger charge is 2.02. The SMILES string of the molecule is CC(C)c1ccc(F)c(Br)c1. The molecule has 11 heavy (non-hydrogen) atoms. The maximum absolute atomic E-state index is 12.7. The molecule has 60 valence electrons. The zero-order chi connectivity index (χ0) is 8.43. The summed E-state index contributed by atoms with van der Waals surface area (Å²) in [5.41, 5.74) is 1.15. The largest absolute Gasteiger partial charge is 0.206 e. The van der Waals surface area contributed by atoms with Gasteiger partial charge in [0.25, 0.3) is 0 Å². The van der Waals surface area contributed by atoms with E-state index in [9.17, 15) is 4.39 Å². The third kappa shape index (κ3) is 2.03. The molecule has 0 saturated carbocycles. The van der Waals surface area contributed by atoms with Crippen LogP contribution in [0.4, 0.5) is 4.39 Å². The molecule has 0 saturated heterocycles. The molecule has 0 aliphatic carbocycles. The normalized spacial score (nSPS) is 10.6. The minimum atomic E-state index is -0.200. The first-order valence-corrected chi connectivity index (χ1v) is 4.35. The Labute approximate surface area is 74.6 Å². The van der Waals surface area contributed by atoms with E-state index in [0.717, 1.165) is 5.56 Å². The zero-order valence-electron chi connectivity index (χ0n) is 6.57. The molecule has 0 fully saturated rings. The Kier molecular flexibility index (Phi) is 2.66. The second kappa shape index (κ2) is 3.35.